The number of likely N-dealkylation sites (N-methyl/N-ethyl adjacent to an activating group) is 1. The first-order chi connectivity index (χ1) is 14.6. The summed E-state index contributed by atoms with van der Waals surface area (Å²) in [5.41, 5.74) is -1.94. The second-order valence-electron chi connectivity index (χ2n) is 9.93. The number of fused-ring (bicyclic) bond motifs is 4. The molecule has 0 saturated heterocycles. The van der Waals surface area contributed by atoms with Crippen LogP contribution in [0, 0.1) is 68.0 Å². The minimum Gasteiger partial charge on any atom is -0.314 e. The van der Waals surface area contributed by atoms with Crippen LogP contribution in [0.5, 0.6) is 0 Å². The first kappa shape index (κ1) is 20.8. The Bertz CT molecular complexity index is 1140. The topological polar surface area (TPSA) is 116 Å². The Hall–Kier alpha value is -3.43. The number of allylic oxidation sites excluding steroid dienone is 2. The van der Waals surface area contributed by atoms with Crippen molar-refractivity contribution in [2.24, 2.45) is 28.6 Å². The Labute approximate surface area is 182 Å². The van der Waals surface area contributed by atoms with Crippen LogP contribution in [-0.4, -0.2) is 18.7 Å². The van der Waals surface area contributed by atoms with Gasteiger partial charge in [-0.3, -0.25) is 4.79 Å². The zero-order chi connectivity index (χ0) is 22.8. The van der Waals surface area contributed by atoms with Crippen molar-refractivity contribution in [2.45, 2.75) is 39.0 Å². The quantitative estimate of drug-likeness (QED) is 0.647. The number of benzene rings is 1. The zero-order valence-electron chi connectivity index (χ0n) is 18.2. The number of nitriles is 3. The lowest BCUT2D eigenvalue weighted by Crippen LogP contribution is -2.65. The molecule has 156 valence electrons. The number of hydrogen-bond acceptors (Lipinski definition) is 5. The molecule has 2 aliphatic carbocycles. The lowest BCUT2D eigenvalue weighted by molar-refractivity contribution is -0.127. The van der Waals surface area contributed by atoms with Gasteiger partial charge in [-0.15, -0.1) is 0 Å². The predicted octanol–water partition coefficient (Wildman–Crippen LogP) is 4.11. The number of carbonyl (C=O) groups is 1. The molecule has 1 heterocycles. The summed E-state index contributed by atoms with van der Waals surface area (Å²) < 4.78 is 0. The minimum absolute atomic E-state index is 0.0503. The Morgan fingerprint density at radius 2 is 1.81 bits per heavy atom. The van der Waals surface area contributed by atoms with Crippen LogP contribution < -0.4 is 4.90 Å². The summed E-state index contributed by atoms with van der Waals surface area (Å²) in [5.74, 6) is -1.60. The molecule has 0 aromatic heterocycles. The van der Waals surface area contributed by atoms with Gasteiger partial charge in [0.05, 0.1) is 23.9 Å². The Morgan fingerprint density at radius 1 is 1.16 bits per heavy atom. The van der Waals surface area contributed by atoms with Crippen LogP contribution in [-0.2, 0) is 10.2 Å². The summed E-state index contributed by atoms with van der Waals surface area (Å²) in [5, 5.41) is 39.6. The molecule has 1 aromatic carbocycles. The van der Waals surface area contributed by atoms with Gasteiger partial charge in [0.25, 0.3) is 0 Å². The number of hydrogen-bond donors (Lipinski definition) is 1. The second kappa shape index (κ2) is 6.53. The summed E-state index contributed by atoms with van der Waals surface area (Å²) in [6.07, 6.45) is 3.33. The van der Waals surface area contributed by atoms with Gasteiger partial charge in [0, 0.05) is 18.7 Å². The van der Waals surface area contributed by atoms with Gasteiger partial charge in [-0.25, -0.2) is 0 Å². The number of anilines is 1. The van der Waals surface area contributed by atoms with Crippen LogP contribution in [0.25, 0.3) is 0 Å². The maximum absolute atomic E-state index is 14.0. The molecule has 4 rings (SSSR count). The third kappa shape index (κ3) is 2.30. The molecule has 6 nitrogen and oxygen atoms in total. The molecule has 4 atom stereocenters. The van der Waals surface area contributed by atoms with Crippen molar-refractivity contribution in [1.29, 1.82) is 21.2 Å². The van der Waals surface area contributed by atoms with E-state index in [4.69, 9.17) is 5.41 Å². The van der Waals surface area contributed by atoms with Crippen LogP contribution in [0.4, 0.5) is 5.69 Å². The van der Waals surface area contributed by atoms with E-state index in [2.05, 4.69) is 39.0 Å². The third-order valence-electron chi connectivity index (χ3n) is 7.72. The molecule has 3 aliphatic rings. The van der Waals surface area contributed by atoms with Crippen LogP contribution in [0.1, 0.15) is 39.2 Å². The van der Waals surface area contributed by atoms with Gasteiger partial charge in [-0.1, -0.05) is 45.0 Å². The first-order valence-electron chi connectivity index (χ1n) is 10.5. The van der Waals surface area contributed by atoms with Crippen molar-refractivity contribution in [2.75, 3.05) is 11.9 Å². The van der Waals surface area contributed by atoms with E-state index in [1.54, 1.807) is 19.2 Å². The highest BCUT2D eigenvalue weighted by atomic mass is 16.2. The number of para-hydroxylation sites is 1. The van der Waals surface area contributed by atoms with E-state index in [0.717, 1.165) is 6.42 Å². The minimum atomic E-state index is -2.05. The summed E-state index contributed by atoms with van der Waals surface area (Å²) in [7, 11) is 1.66. The number of nitrogens with one attached hydrogen (secondary N) is 1. The molecule has 31 heavy (non-hydrogen) atoms. The summed E-state index contributed by atoms with van der Waals surface area (Å²) in [6.45, 7) is 6.44. The van der Waals surface area contributed by atoms with E-state index in [-0.39, 0.29) is 23.0 Å². The highest BCUT2D eigenvalue weighted by Crippen LogP contribution is 2.65. The first-order valence-corrected chi connectivity index (χ1v) is 10.5. The summed E-state index contributed by atoms with van der Waals surface area (Å²) in [6, 6.07) is 13.6. The second-order valence-corrected chi connectivity index (χ2v) is 9.93. The third-order valence-corrected chi connectivity index (χ3v) is 7.72. The number of nitrogens with zero attached hydrogens (tertiary/aromatic N) is 4. The molecular formula is C25H25N5O. The van der Waals surface area contributed by atoms with Gasteiger partial charge in [0.15, 0.2) is 0 Å². The van der Waals surface area contributed by atoms with Crippen molar-refractivity contribution in [3.05, 3.63) is 41.5 Å². The van der Waals surface area contributed by atoms with Crippen molar-refractivity contribution in [3.63, 3.8) is 0 Å². The molecule has 1 aliphatic heterocycles. The van der Waals surface area contributed by atoms with E-state index in [0.29, 0.717) is 23.2 Å². The standard InChI is InChI=1S/C25H25N5O/c1-23(2,3)15-9-10-16-17(12-26)21(29)24(13-27,14-28)25(19(16)11-15)18-7-5-6-8-20(18)30(4)22(25)31/h5-8,10,15,17,19,29H,9,11H2,1-4H3. The maximum Gasteiger partial charge on any atom is 0.241 e. The van der Waals surface area contributed by atoms with E-state index in [9.17, 15) is 20.6 Å². The normalized spacial score (nSPS) is 31.2. The molecule has 6 heteroatoms. The Balaban J connectivity index is 2.13. The fourth-order valence-corrected chi connectivity index (χ4v) is 6.00. The highest BCUT2D eigenvalue weighted by Gasteiger charge is 2.74. The average molecular weight is 412 g/mol. The summed E-state index contributed by atoms with van der Waals surface area (Å²) >= 11 is 0. The van der Waals surface area contributed by atoms with Crippen LogP contribution in [0.15, 0.2) is 35.9 Å². The molecule has 1 N–H and O–H groups in total. The molecule has 1 aromatic rings. The van der Waals surface area contributed by atoms with Crippen molar-refractivity contribution in [3.8, 4) is 18.2 Å². The Kier molecular flexibility index (Phi) is 4.39. The fraction of sp³-hybridized carbons (Fsp3) is 0.480. The number of amides is 1. The van der Waals surface area contributed by atoms with Crippen molar-refractivity contribution in [1.82, 2.24) is 0 Å². The van der Waals surface area contributed by atoms with E-state index < -0.39 is 22.7 Å². The molecular weight excluding hydrogens is 386 g/mol. The molecule has 1 amide bonds. The predicted molar refractivity (Wildman–Crippen MR) is 116 cm³/mol. The smallest absolute Gasteiger partial charge is 0.241 e. The van der Waals surface area contributed by atoms with Gasteiger partial charge in [0.2, 0.25) is 11.3 Å². The molecule has 1 saturated carbocycles. The monoisotopic (exact) mass is 411 g/mol. The number of rotatable bonds is 0. The lowest BCUT2D eigenvalue weighted by Gasteiger charge is -2.53. The summed E-state index contributed by atoms with van der Waals surface area (Å²) in [4.78, 5) is 15.6. The van der Waals surface area contributed by atoms with E-state index in [1.165, 1.54) is 4.90 Å². The molecule has 0 radical (unpaired) electrons. The van der Waals surface area contributed by atoms with Gasteiger partial charge in [0.1, 0.15) is 11.3 Å². The largest absolute Gasteiger partial charge is 0.314 e. The molecule has 1 spiro atoms. The van der Waals surface area contributed by atoms with E-state index in [1.807, 2.05) is 18.2 Å². The van der Waals surface area contributed by atoms with Crippen molar-refractivity contribution < 1.29 is 4.79 Å². The zero-order valence-corrected chi connectivity index (χ0v) is 18.2. The lowest BCUT2D eigenvalue weighted by atomic mass is 9.43. The van der Waals surface area contributed by atoms with Crippen LogP contribution >= 0.6 is 0 Å². The SMILES string of the molecule is CN1C(=O)C2(c3ccccc31)C1CC(C(C)(C)C)CC=C1C(C#N)C(=N)C2(C#N)C#N. The number of carbonyl (C=O) groups excluding carboxylic acids is 1. The van der Waals surface area contributed by atoms with Gasteiger partial charge < -0.3 is 10.3 Å². The fourth-order valence-electron chi connectivity index (χ4n) is 6.00. The van der Waals surface area contributed by atoms with Crippen LogP contribution in [0.2, 0.25) is 0 Å². The average Bonchev–Trinajstić information content (AvgIpc) is 2.98. The van der Waals surface area contributed by atoms with Gasteiger partial charge >= 0.3 is 0 Å². The molecule has 0 bridgehead atoms. The van der Waals surface area contributed by atoms with E-state index >= 15 is 0 Å². The molecule has 1 fully saturated rings. The maximum atomic E-state index is 14.0. The van der Waals surface area contributed by atoms with Gasteiger partial charge in [-0.2, -0.15) is 15.8 Å². The Morgan fingerprint density at radius 3 is 2.39 bits per heavy atom. The highest BCUT2D eigenvalue weighted by molar-refractivity contribution is 6.16. The van der Waals surface area contributed by atoms with Crippen LogP contribution in [0.3, 0.4) is 0 Å². The molecule has 4 unspecified atom stereocenters. The van der Waals surface area contributed by atoms with Gasteiger partial charge in [-0.05, 0) is 41.4 Å². The van der Waals surface area contributed by atoms with Crippen molar-refractivity contribution >= 4 is 17.3 Å².